The molecule has 0 saturated carbocycles. The van der Waals surface area contributed by atoms with Gasteiger partial charge in [-0.1, -0.05) is 6.92 Å². The normalized spacial score (nSPS) is 11.6. The Kier molecular flexibility index (Phi) is 4.44. The third-order valence-electron chi connectivity index (χ3n) is 2.07. The summed E-state index contributed by atoms with van der Waals surface area (Å²) in [4.78, 5) is 11.6. The molecule has 1 aromatic rings. The summed E-state index contributed by atoms with van der Waals surface area (Å²) in [5.41, 5.74) is 0.332. The van der Waals surface area contributed by atoms with Gasteiger partial charge in [-0.25, -0.2) is 4.39 Å². The first-order chi connectivity index (χ1) is 7.58. The standard InChI is InChI=1S/C11H10BrFN2O/c1-2-7(6-14)11(16)15-10-5-8(13)3-4-9(10)12/h3-5,7H,2H2,1H3,(H,15,16). The van der Waals surface area contributed by atoms with Crippen molar-refractivity contribution in [2.75, 3.05) is 5.32 Å². The number of carbonyl (C=O) groups excluding carboxylic acids is 1. The molecule has 1 N–H and O–H groups in total. The van der Waals surface area contributed by atoms with Crippen molar-refractivity contribution in [3.63, 3.8) is 0 Å². The van der Waals surface area contributed by atoms with E-state index in [1.807, 2.05) is 6.07 Å². The number of anilines is 1. The zero-order valence-electron chi connectivity index (χ0n) is 8.63. The van der Waals surface area contributed by atoms with Crippen LogP contribution in [0.3, 0.4) is 0 Å². The van der Waals surface area contributed by atoms with Crippen LogP contribution in [0.2, 0.25) is 0 Å². The second-order valence-corrected chi connectivity index (χ2v) is 4.06. The number of nitriles is 1. The Morgan fingerprint density at radius 1 is 1.69 bits per heavy atom. The monoisotopic (exact) mass is 284 g/mol. The van der Waals surface area contributed by atoms with E-state index < -0.39 is 17.6 Å². The molecule has 5 heteroatoms. The Morgan fingerprint density at radius 2 is 2.38 bits per heavy atom. The van der Waals surface area contributed by atoms with Gasteiger partial charge < -0.3 is 5.32 Å². The molecule has 3 nitrogen and oxygen atoms in total. The SMILES string of the molecule is CCC(C#N)C(=O)Nc1cc(F)ccc1Br. The van der Waals surface area contributed by atoms with E-state index in [1.54, 1.807) is 6.92 Å². The number of amides is 1. The Morgan fingerprint density at radius 3 is 2.94 bits per heavy atom. The van der Waals surface area contributed by atoms with E-state index >= 15 is 0 Å². The van der Waals surface area contributed by atoms with Crippen LogP contribution in [0.25, 0.3) is 0 Å². The van der Waals surface area contributed by atoms with Gasteiger partial charge in [0.15, 0.2) is 0 Å². The summed E-state index contributed by atoms with van der Waals surface area (Å²) in [6, 6.07) is 5.86. The number of hydrogen-bond acceptors (Lipinski definition) is 2. The molecule has 1 rings (SSSR count). The van der Waals surface area contributed by atoms with E-state index in [1.165, 1.54) is 18.2 Å². The van der Waals surface area contributed by atoms with Crippen molar-refractivity contribution in [1.29, 1.82) is 5.26 Å². The molecule has 1 unspecified atom stereocenters. The quantitative estimate of drug-likeness (QED) is 0.927. The van der Waals surface area contributed by atoms with Crippen LogP contribution in [0.1, 0.15) is 13.3 Å². The zero-order valence-corrected chi connectivity index (χ0v) is 10.2. The fourth-order valence-corrected chi connectivity index (χ4v) is 1.49. The summed E-state index contributed by atoms with van der Waals surface area (Å²) in [5.74, 6) is -1.57. The van der Waals surface area contributed by atoms with Crippen LogP contribution in [-0.4, -0.2) is 5.91 Å². The molecular formula is C11H10BrFN2O. The molecule has 0 saturated heterocycles. The van der Waals surface area contributed by atoms with Crippen LogP contribution in [0, 0.1) is 23.1 Å². The molecule has 0 bridgehead atoms. The predicted octanol–water partition coefficient (Wildman–Crippen LogP) is 3.08. The van der Waals surface area contributed by atoms with E-state index in [0.717, 1.165) is 0 Å². The fourth-order valence-electron chi connectivity index (χ4n) is 1.15. The van der Waals surface area contributed by atoms with E-state index in [9.17, 15) is 9.18 Å². The van der Waals surface area contributed by atoms with Gasteiger partial charge in [-0.05, 0) is 40.5 Å². The molecule has 0 radical (unpaired) electrons. The fraction of sp³-hybridized carbons (Fsp3) is 0.273. The summed E-state index contributed by atoms with van der Waals surface area (Å²) in [5, 5.41) is 11.2. The van der Waals surface area contributed by atoms with Gasteiger partial charge in [0.25, 0.3) is 0 Å². The van der Waals surface area contributed by atoms with Crippen LogP contribution < -0.4 is 5.32 Å². The summed E-state index contributed by atoms with van der Waals surface area (Å²) in [6.07, 6.45) is 0.426. The molecule has 0 fully saturated rings. The van der Waals surface area contributed by atoms with Crippen LogP contribution >= 0.6 is 15.9 Å². The number of hydrogen-bond donors (Lipinski definition) is 1. The van der Waals surface area contributed by atoms with E-state index in [2.05, 4.69) is 21.2 Å². The van der Waals surface area contributed by atoms with E-state index in [-0.39, 0.29) is 0 Å². The zero-order chi connectivity index (χ0) is 12.1. The Hall–Kier alpha value is -1.41. The number of rotatable bonds is 3. The molecule has 1 aromatic carbocycles. The lowest BCUT2D eigenvalue weighted by Gasteiger charge is -2.09. The topological polar surface area (TPSA) is 52.9 Å². The number of nitrogens with zero attached hydrogens (tertiary/aromatic N) is 1. The Labute approximate surface area is 101 Å². The van der Waals surface area contributed by atoms with E-state index in [4.69, 9.17) is 5.26 Å². The smallest absolute Gasteiger partial charge is 0.241 e. The number of carbonyl (C=O) groups is 1. The number of nitrogens with one attached hydrogen (secondary N) is 1. The minimum atomic E-state index is -0.713. The minimum absolute atomic E-state index is 0.332. The second-order valence-electron chi connectivity index (χ2n) is 3.20. The molecule has 1 atom stereocenters. The van der Waals surface area contributed by atoms with Crippen molar-refractivity contribution in [2.45, 2.75) is 13.3 Å². The van der Waals surface area contributed by atoms with Crippen LogP contribution in [0.15, 0.2) is 22.7 Å². The average Bonchev–Trinajstić information content (AvgIpc) is 2.25. The first kappa shape index (κ1) is 12.7. The first-order valence-corrected chi connectivity index (χ1v) is 5.53. The lowest BCUT2D eigenvalue weighted by molar-refractivity contribution is -0.118. The van der Waals surface area contributed by atoms with Gasteiger partial charge in [0.05, 0.1) is 11.8 Å². The van der Waals surface area contributed by atoms with Gasteiger partial charge in [-0.2, -0.15) is 5.26 Å². The third kappa shape index (κ3) is 3.04. The molecule has 0 aliphatic heterocycles. The highest BCUT2D eigenvalue weighted by Gasteiger charge is 2.16. The summed E-state index contributed by atoms with van der Waals surface area (Å²) in [6.45, 7) is 1.74. The first-order valence-electron chi connectivity index (χ1n) is 4.74. The van der Waals surface area contributed by atoms with Crippen LogP contribution in [0.5, 0.6) is 0 Å². The van der Waals surface area contributed by atoms with E-state index in [0.29, 0.717) is 16.6 Å². The highest BCUT2D eigenvalue weighted by Crippen LogP contribution is 2.23. The summed E-state index contributed by atoms with van der Waals surface area (Å²) >= 11 is 3.19. The summed E-state index contributed by atoms with van der Waals surface area (Å²) in [7, 11) is 0. The number of halogens is 2. The second kappa shape index (κ2) is 5.61. The molecule has 16 heavy (non-hydrogen) atoms. The molecule has 84 valence electrons. The van der Waals surface area contributed by atoms with Crippen molar-refractivity contribution >= 4 is 27.5 Å². The molecular weight excluding hydrogens is 275 g/mol. The van der Waals surface area contributed by atoms with Gasteiger partial charge >= 0.3 is 0 Å². The van der Waals surface area contributed by atoms with Crippen molar-refractivity contribution in [3.05, 3.63) is 28.5 Å². The van der Waals surface area contributed by atoms with Gasteiger partial charge in [0, 0.05) is 4.47 Å². The Balaban J connectivity index is 2.85. The van der Waals surface area contributed by atoms with Crippen molar-refractivity contribution in [2.24, 2.45) is 5.92 Å². The molecule has 0 heterocycles. The van der Waals surface area contributed by atoms with Crippen LogP contribution in [-0.2, 0) is 4.79 Å². The van der Waals surface area contributed by atoms with Crippen molar-refractivity contribution in [3.8, 4) is 6.07 Å². The average molecular weight is 285 g/mol. The van der Waals surface area contributed by atoms with Gasteiger partial charge in [-0.15, -0.1) is 0 Å². The lowest BCUT2D eigenvalue weighted by atomic mass is 10.1. The van der Waals surface area contributed by atoms with Gasteiger partial charge in [0.1, 0.15) is 11.7 Å². The largest absolute Gasteiger partial charge is 0.324 e. The van der Waals surface area contributed by atoms with Crippen LogP contribution in [0.4, 0.5) is 10.1 Å². The molecule has 0 aromatic heterocycles. The van der Waals surface area contributed by atoms with Gasteiger partial charge in [0.2, 0.25) is 5.91 Å². The molecule has 1 amide bonds. The van der Waals surface area contributed by atoms with Crippen molar-refractivity contribution in [1.82, 2.24) is 0 Å². The highest BCUT2D eigenvalue weighted by molar-refractivity contribution is 9.10. The lowest BCUT2D eigenvalue weighted by Crippen LogP contribution is -2.21. The molecule has 0 spiro atoms. The maximum absolute atomic E-state index is 12.9. The Bertz CT molecular complexity index is 442. The molecule has 0 aliphatic rings. The third-order valence-corrected chi connectivity index (χ3v) is 2.76. The molecule has 0 aliphatic carbocycles. The van der Waals surface area contributed by atoms with Crippen molar-refractivity contribution < 1.29 is 9.18 Å². The summed E-state index contributed by atoms with van der Waals surface area (Å²) < 4.78 is 13.5. The van der Waals surface area contributed by atoms with Gasteiger partial charge in [-0.3, -0.25) is 4.79 Å². The number of benzene rings is 1. The minimum Gasteiger partial charge on any atom is -0.324 e. The predicted molar refractivity (Wildman–Crippen MR) is 62.1 cm³/mol. The maximum atomic E-state index is 12.9. The maximum Gasteiger partial charge on any atom is 0.241 e. The highest BCUT2D eigenvalue weighted by atomic mass is 79.9.